The van der Waals surface area contributed by atoms with Gasteiger partial charge in [-0.3, -0.25) is 4.79 Å². The van der Waals surface area contributed by atoms with Crippen LogP contribution in [-0.2, 0) is 10.0 Å². The number of amides is 1. The largest absolute Gasteiger partial charge is 0.352 e. The van der Waals surface area contributed by atoms with Gasteiger partial charge in [0.15, 0.2) is 0 Å². The first-order valence-corrected chi connectivity index (χ1v) is 8.30. The van der Waals surface area contributed by atoms with Crippen LogP contribution in [0.3, 0.4) is 0 Å². The zero-order valence-corrected chi connectivity index (χ0v) is 13.0. The molecule has 5 nitrogen and oxygen atoms in total. The summed E-state index contributed by atoms with van der Waals surface area (Å²) in [4.78, 5) is 11.8. The smallest absolute Gasteiger partial charge is 0.252 e. The SMILES string of the molecule is CC1CC1CNC(=O)c1cc(S(N)(=O)=O)cc(Cl)c1Cl. The third-order valence-electron chi connectivity index (χ3n) is 3.38. The van der Waals surface area contributed by atoms with E-state index in [1.807, 2.05) is 0 Å². The number of hydrogen-bond donors (Lipinski definition) is 2. The van der Waals surface area contributed by atoms with E-state index >= 15 is 0 Å². The molecule has 0 bridgehead atoms. The van der Waals surface area contributed by atoms with Crippen LogP contribution in [0, 0.1) is 11.8 Å². The van der Waals surface area contributed by atoms with Crippen LogP contribution < -0.4 is 10.5 Å². The van der Waals surface area contributed by atoms with Crippen molar-refractivity contribution in [3.05, 3.63) is 27.7 Å². The minimum absolute atomic E-state index is 0.0106. The lowest BCUT2D eigenvalue weighted by molar-refractivity contribution is 0.0951. The molecule has 20 heavy (non-hydrogen) atoms. The van der Waals surface area contributed by atoms with Crippen molar-refractivity contribution in [1.82, 2.24) is 5.32 Å². The molecular weight excluding hydrogens is 323 g/mol. The molecule has 2 atom stereocenters. The lowest BCUT2D eigenvalue weighted by atomic mass is 10.2. The van der Waals surface area contributed by atoms with Gasteiger partial charge in [-0.05, 0) is 30.4 Å². The average molecular weight is 337 g/mol. The van der Waals surface area contributed by atoms with Gasteiger partial charge in [-0.15, -0.1) is 0 Å². The first kappa shape index (κ1) is 15.6. The number of sulfonamides is 1. The van der Waals surface area contributed by atoms with E-state index in [1.54, 1.807) is 0 Å². The van der Waals surface area contributed by atoms with Gasteiger partial charge in [0.1, 0.15) is 0 Å². The highest BCUT2D eigenvalue weighted by molar-refractivity contribution is 7.89. The second kappa shape index (κ2) is 5.52. The summed E-state index contributed by atoms with van der Waals surface area (Å²) in [7, 11) is -3.95. The van der Waals surface area contributed by atoms with Crippen molar-refractivity contribution in [3.63, 3.8) is 0 Å². The maximum atomic E-state index is 12.0. The first-order chi connectivity index (χ1) is 9.20. The molecule has 8 heteroatoms. The normalized spacial score (nSPS) is 21.6. The minimum atomic E-state index is -3.95. The van der Waals surface area contributed by atoms with Gasteiger partial charge in [0, 0.05) is 6.54 Å². The molecule has 0 aliphatic heterocycles. The molecule has 1 fully saturated rings. The highest BCUT2D eigenvalue weighted by atomic mass is 35.5. The van der Waals surface area contributed by atoms with Crippen LogP contribution in [0.4, 0.5) is 0 Å². The van der Waals surface area contributed by atoms with Gasteiger partial charge in [0.25, 0.3) is 5.91 Å². The Morgan fingerprint density at radius 2 is 2.05 bits per heavy atom. The second-order valence-electron chi connectivity index (χ2n) is 4.99. The maximum Gasteiger partial charge on any atom is 0.252 e. The Morgan fingerprint density at radius 3 is 2.55 bits per heavy atom. The Hall–Kier alpha value is -0.820. The average Bonchev–Trinajstić information content (AvgIpc) is 3.04. The molecule has 0 radical (unpaired) electrons. The third-order valence-corrected chi connectivity index (χ3v) is 5.07. The molecule has 1 aromatic rings. The van der Waals surface area contributed by atoms with E-state index in [0.29, 0.717) is 18.4 Å². The Morgan fingerprint density at radius 1 is 1.45 bits per heavy atom. The van der Waals surface area contributed by atoms with E-state index < -0.39 is 15.9 Å². The number of nitrogens with one attached hydrogen (secondary N) is 1. The van der Waals surface area contributed by atoms with E-state index in [1.165, 1.54) is 0 Å². The van der Waals surface area contributed by atoms with E-state index in [4.69, 9.17) is 28.3 Å². The summed E-state index contributed by atoms with van der Waals surface area (Å²) in [6.45, 7) is 2.63. The number of nitrogens with two attached hydrogens (primary N) is 1. The van der Waals surface area contributed by atoms with Gasteiger partial charge in [0.2, 0.25) is 10.0 Å². The van der Waals surface area contributed by atoms with Gasteiger partial charge >= 0.3 is 0 Å². The lowest BCUT2D eigenvalue weighted by Gasteiger charge is -2.09. The van der Waals surface area contributed by atoms with Gasteiger partial charge in [-0.25, -0.2) is 13.6 Å². The van der Waals surface area contributed by atoms with Crippen molar-refractivity contribution in [2.45, 2.75) is 18.2 Å². The van der Waals surface area contributed by atoms with Crippen molar-refractivity contribution < 1.29 is 13.2 Å². The number of carbonyl (C=O) groups is 1. The second-order valence-corrected chi connectivity index (χ2v) is 7.34. The van der Waals surface area contributed by atoms with Crippen molar-refractivity contribution in [2.75, 3.05) is 6.54 Å². The Bertz CT molecular complexity index is 661. The Kier molecular flexibility index (Phi) is 4.30. The summed E-state index contributed by atoms with van der Waals surface area (Å²) >= 11 is 11.8. The van der Waals surface area contributed by atoms with Crippen molar-refractivity contribution in [3.8, 4) is 0 Å². The predicted molar refractivity (Wildman–Crippen MR) is 77.4 cm³/mol. The van der Waals surface area contributed by atoms with E-state index in [9.17, 15) is 13.2 Å². The maximum absolute atomic E-state index is 12.0. The summed E-state index contributed by atoms with van der Waals surface area (Å²) in [5.41, 5.74) is 0.0106. The zero-order valence-electron chi connectivity index (χ0n) is 10.7. The molecule has 110 valence electrons. The van der Waals surface area contributed by atoms with Gasteiger partial charge in [-0.2, -0.15) is 0 Å². The van der Waals surface area contributed by atoms with Crippen molar-refractivity contribution >= 4 is 39.1 Å². The number of primary sulfonamides is 1. The summed E-state index contributed by atoms with van der Waals surface area (Å²) in [5, 5.41) is 7.74. The van der Waals surface area contributed by atoms with Gasteiger partial charge < -0.3 is 5.32 Å². The highest BCUT2D eigenvalue weighted by Crippen LogP contribution is 2.37. The molecular formula is C12H14Cl2N2O3S. The Labute approximate surface area is 127 Å². The molecule has 1 saturated carbocycles. The molecule has 1 aromatic carbocycles. The fraction of sp³-hybridized carbons (Fsp3) is 0.417. The van der Waals surface area contributed by atoms with Crippen LogP contribution in [0.2, 0.25) is 10.0 Å². The van der Waals surface area contributed by atoms with E-state index in [2.05, 4.69) is 12.2 Å². The zero-order chi connectivity index (χ0) is 15.1. The minimum Gasteiger partial charge on any atom is -0.352 e. The van der Waals surface area contributed by atoms with Crippen LogP contribution in [0.25, 0.3) is 0 Å². The molecule has 0 spiro atoms. The standard InChI is InChI=1S/C12H14Cl2N2O3S/c1-6-2-7(6)5-16-12(17)9-3-8(20(15,18)19)4-10(13)11(9)14/h3-4,6-7H,2,5H2,1H3,(H,16,17)(H2,15,18,19). The Balaban J connectivity index is 2.25. The molecule has 0 heterocycles. The van der Waals surface area contributed by atoms with Crippen LogP contribution in [0.5, 0.6) is 0 Å². The molecule has 2 unspecified atom stereocenters. The molecule has 1 aliphatic rings. The van der Waals surface area contributed by atoms with E-state index in [-0.39, 0.29) is 20.5 Å². The summed E-state index contributed by atoms with van der Waals surface area (Å²) in [6, 6.07) is 2.26. The van der Waals surface area contributed by atoms with Gasteiger partial charge in [0.05, 0.1) is 20.5 Å². The fourth-order valence-corrected chi connectivity index (χ4v) is 2.94. The molecule has 1 amide bonds. The molecule has 0 saturated heterocycles. The highest BCUT2D eigenvalue weighted by Gasteiger charge is 2.32. The lowest BCUT2D eigenvalue weighted by Crippen LogP contribution is -2.26. The topological polar surface area (TPSA) is 89.3 Å². The first-order valence-electron chi connectivity index (χ1n) is 6.00. The monoisotopic (exact) mass is 336 g/mol. The number of carbonyl (C=O) groups excluding carboxylic acids is 1. The number of halogens is 2. The predicted octanol–water partition coefficient (Wildman–Crippen LogP) is 2.03. The van der Waals surface area contributed by atoms with Crippen LogP contribution in [-0.4, -0.2) is 20.9 Å². The van der Waals surface area contributed by atoms with Gasteiger partial charge in [-0.1, -0.05) is 30.1 Å². The fourth-order valence-electron chi connectivity index (χ4n) is 1.90. The molecule has 1 aliphatic carbocycles. The summed E-state index contributed by atoms with van der Waals surface area (Å²) < 4.78 is 22.7. The van der Waals surface area contributed by atoms with E-state index in [0.717, 1.165) is 18.6 Å². The number of hydrogen-bond acceptors (Lipinski definition) is 3. The van der Waals surface area contributed by atoms with Crippen LogP contribution >= 0.6 is 23.2 Å². The van der Waals surface area contributed by atoms with Crippen molar-refractivity contribution in [2.24, 2.45) is 17.0 Å². The summed E-state index contributed by atoms with van der Waals surface area (Å²) in [5.74, 6) is 0.612. The van der Waals surface area contributed by atoms with Crippen LogP contribution in [0.1, 0.15) is 23.7 Å². The molecule has 0 aromatic heterocycles. The summed E-state index contributed by atoms with van der Waals surface area (Å²) in [6.07, 6.45) is 1.08. The third kappa shape index (κ3) is 3.44. The van der Waals surface area contributed by atoms with Crippen LogP contribution in [0.15, 0.2) is 17.0 Å². The number of benzene rings is 1. The molecule has 2 rings (SSSR count). The molecule has 3 N–H and O–H groups in total. The number of rotatable bonds is 4. The van der Waals surface area contributed by atoms with Crippen molar-refractivity contribution in [1.29, 1.82) is 0 Å². The quantitative estimate of drug-likeness (QED) is 0.881.